The highest BCUT2D eigenvalue weighted by atomic mass is 16.5. The Balaban J connectivity index is 1.47. The Morgan fingerprint density at radius 2 is 1.82 bits per heavy atom. The number of carbonyl (C=O) groups excluding carboxylic acids is 2. The first-order valence-corrected chi connectivity index (χ1v) is 12.2. The zero-order valence-corrected chi connectivity index (χ0v) is 20.0. The van der Waals surface area contributed by atoms with Gasteiger partial charge >= 0.3 is 5.97 Å². The number of phenols is 2. The maximum absolute atomic E-state index is 13.3. The number of phenolic OH excluding ortho intramolecular Hbond substituents is 2. The van der Waals surface area contributed by atoms with Gasteiger partial charge in [-0.05, 0) is 97.7 Å². The third-order valence-electron chi connectivity index (χ3n) is 8.75. The summed E-state index contributed by atoms with van der Waals surface area (Å²) in [4.78, 5) is 25.0. The monoisotopic (exact) mass is 464 g/mol. The molecule has 3 aliphatic rings. The van der Waals surface area contributed by atoms with Gasteiger partial charge in [-0.3, -0.25) is 9.59 Å². The van der Waals surface area contributed by atoms with Gasteiger partial charge in [0, 0.05) is 17.9 Å². The average molecular weight is 465 g/mol. The van der Waals surface area contributed by atoms with E-state index in [1.165, 1.54) is 31.7 Å². The van der Waals surface area contributed by atoms with E-state index >= 15 is 0 Å². The van der Waals surface area contributed by atoms with E-state index in [9.17, 15) is 19.8 Å². The number of esters is 1. The highest BCUT2D eigenvalue weighted by Crippen LogP contribution is 2.61. The van der Waals surface area contributed by atoms with Crippen molar-refractivity contribution in [1.82, 2.24) is 0 Å². The number of fused-ring (bicyclic) bond motifs is 5. The lowest BCUT2D eigenvalue weighted by atomic mass is 9.55. The third-order valence-corrected chi connectivity index (χ3v) is 8.75. The highest BCUT2D eigenvalue weighted by molar-refractivity contribution is 6.11. The maximum atomic E-state index is 13.3. The SMILES string of the molecule is COc1cc(C(=O)c2cc3c(cc2O)CC[C@@H]2[C@@H]3CC[C@]3(C)[C@@H](OC(C)=O)CC[C@@H]23)ccc1O. The topological polar surface area (TPSA) is 93.1 Å². The number of hydrogen-bond acceptors (Lipinski definition) is 6. The van der Waals surface area contributed by atoms with E-state index in [0.29, 0.717) is 23.3 Å². The van der Waals surface area contributed by atoms with Crippen LogP contribution in [0.4, 0.5) is 0 Å². The van der Waals surface area contributed by atoms with E-state index in [2.05, 4.69) is 6.92 Å². The van der Waals surface area contributed by atoms with Crippen molar-refractivity contribution in [2.45, 2.75) is 64.4 Å². The quantitative estimate of drug-likeness (QED) is 0.482. The van der Waals surface area contributed by atoms with E-state index in [-0.39, 0.29) is 46.1 Å². The number of carbonyl (C=O) groups is 2. The molecule has 2 saturated carbocycles. The van der Waals surface area contributed by atoms with Crippen molar-refractivity contribution in [2.24, 2.45) is 17.3 Å². The third kappa shape index (κ3) is 3.55. The zero-order valence-electron chi connectivity index (χ0n) is 20.0. The summed E-state index contributed by atoms with van der Waals surface area (Å²) < 4.78 is 10.9. The van der Waals surface area contributed by atoms with E-state index in [1.54, 1.807) is 12.1 Å². The van der Waals surface area contributed by atoms with Gasteiger partial charge in [0.15, 0.2) is 17.3 Å². The molecule has 2 aromatic carbocycles. The average Bonchev–Trinajstić information content (AvgIpc) is 3.14. The summed E-state index contributed by atoms with van der Waals surface area (Å²) in [5, 5.41) is 20.6. The molecule has 0 spiro atoms. The molecule has 5 atom stereocenters. The number of aromatic hydroxyl groups is 2. The number of ether oxygens (including phenoxy) is 2. The molecule has 0 unspecified atom stereocenters. The van der Waals surface area contributed by atoms with Crippen LogP contribution < -0.4 is 4.74 Å². The van der Waals surface area contributed by atoms with Crippen molar-refractivity contribution in [3.63, 3.8) is 0 Å². The summed E-state index contributed by atoms with van der Waals surface area (Å²) >= 11 is 0. The lowest BCUT2D eigenvalue weighted by Crippen LogP contribution is -2.45. The Labute approximate surface area is 199 Å². The lowest BCUT2D eigenvalue weighted by molar-refractivity contribution is -0.154. The van der Waals surface area contributed by atoms with Gasteiger partial charge < -0.3 is 19.7 Å². The molecule has 0 radical (unpaired) electrons. The number of hydrogen-bond donors (Lipinski definition) is 2. The molecule has 6 heteroatoms. The van der Waals surface area contributed by atoms with Crippen LogP contribution in [0.25, 0.3) is 0 Å². The molecular formula is C28H32O6. The second kappa shape index (κ2) is 8.33. The van der Waals surface area contributed by atoms with Gasteiger partial charge in [-0.1, -0.05) is 6.92 Å². The number of rotatable bonds is 4. The summed E-state index contributed by atoms with van der Waals surface area (Å²) in [6.07, 6.45) is 5.84. The zero-order chi connectivity index (χ0) is 24.2. The van der Waals surface area contributed by atoms with Gasteiger partial charge in [-0.25, -0.2) is 0 Å². The van der Waals surface area contributed by atoms with Crippen molar-refractivity contribution in [1.29, 1.82) is 0 Å². The largest absolute Gasteiger partial charge is 0.507 e. The van der Waals surface area contributed by atoms with Gasteiger partial charge in [-0.15, -0.1) is 0 Å². The second-order valence-electron chi connectivity index (χ2n) is 10.4. The molecule has 3 aliphatic carbocycles. The molecule has 0 heterocycles. The molecule has 0 aliphatic heterocycles. The van der Waals surface area contributed by atoms with Gasteiger partial charge in [0.05, 0.1) is 12.7 Å². The normalized spacial score (nSPS) is 29.5. The van der Waals surface area contributed by atoms with Gasteiger partial charge in [0.2, 0.25) is 0 Å². The maximum Gasteiger partial charge on any atom is 0.302 e. The standard InChI is InChI=1S/C28H32O6/c1-15(29)34-26-9-7-22-19-6-4-16-12-24(31)21(14-20(16)18(19)10-11-28(22,26)2)27(32)17-5-8-23(30)25(13-17)33-3/h5,8,12-14,18-19,22,26,30-31H,4,6-7,9-11H2,1-3H3/t18-,19+,22-,26-,28-/m0/s1. The molecule has 5 rings (SSSR count). The fourth-order valence-corrected chi connectivity index (χ4v) is 7.11. The van der Waals surface area contributed by atoms with Crippen LogP contribution in [0.3, 0.4) is 0 Å². The van der Waals surface area contributed by atoms with Crippen LogP contribution in [0.5, 0.6) is 17.2 Å². The number of benzene rings is 2. The highest BCUT2D eigenvalue weighted by Gasteiger charge is 2.56. The van der Waals surface area contributed by atoms with E-state index in [1.807, 2.05) is 6.07 Å². The van der Waals surface area contributed by atoms with Crippen LogP contribution in [-0.4, -0.2) is 35.2 Å². The summed E-state index contributed by atoms with van der Waals surface area (Å²) in [5.41, 5.74) is 2.93. The minimum absolute atomic E-state index is 0.00248. The molecule has 34 heavy (non-hydrogen) atoms. The van der Waals surface area contributed by atoms with E-state index in [4.69, 9.17) is 9.47 Å². The van der Waals surface area contributed by atoms with Crippen molar-refractivity contribution in [2.75, 3.05) is 7.11 Å². The first kappa shape index (κ1) is 22.8. The number of aryl methyl sites for hydroxylation is 1. The fraction of sp³-hybridized carbons (Fsp3) is 0.500. The van der Waals surface area contributed by atoms with Gasteiger partial charge in [0.25, 0.3) is 0 Å². The first-order chi connectivity index (χ1) is 16.2. The smallest absolute Gasteiger partial charge is 0.302 e. The fourth-order valence-electron chi connectivity index (χ4n) is 7.11. The Hall–Kier alpha value is -3.02. The summed E-state index contributed by atoms with van der Waals surface area (Å²) in [5.74, 6) is 0.977. The molecule has 6 nitrogen and oxygen atoms in total. The van der Waals surface area contributed by atoms with Crippen molar-refractivity contribution >= 4 is 11.8 Å². The van der Waals surface area contributed by atoms with Crippen LogP contribution in [0, 0.1) is 17.3 Å². The predicted molar refractivity (Wildman–Crippen MR) is 126 cm³/mol. The summed E-state index contributed by atoms with van der Waals surface area (Å²) in [7, 11) is 1.44. The summed E-state index contributed by atoms with van der Waals surface area (Å²) in [6, 6.07) is 8.13. The second-order valence-corrected chi connectivity index (χ2v) is 10.4. The van der Waals surface area contributed by atoms with Crippen LogP contribution in [0.1, 0.15) is 78.9 Å². The van der Waals surface area contributed by atoms with Crippen molar-refractivity contribution in [3.05, 3.63) is 52.6 Å². The Bertz CT molecular complexity index is 1150. The lowest BCUT2D eigenvalue weighted by Gasteiger charge is -2.50. The molecule has 0 saturated heterocycles. The Morgan fingerprint density at radius 3 is 2.56 bits per heavy atom. The molecule has 0 bridgehead atoms. The Morgan fingerprint density at radius 1 is 1.03 bits per heavy atom. The predicted octanol–water partition coefficient (Wildman–Crippen LogP) is 5.13. The molecule has 180 valence electrons. The summed E-state index contributed by atoms with van der Waals surface area (Å²) in [6.45, 7) is 3.78. The first-order valence-electron chi connectivity index (χ1n) is 12.2. The molecule has 2 aromatic rings. The van der Waals surface area contributed by atoms with Crippen LogP contribution >= 0.6 is 0 Å². The minimum Gasteiger partial charge on any atom is -0.507 e. The molecule has 0 aromatic heterocycles. The molecule has 0 amide bonds. The van der Waals surface area contributed by atoms with Crippen LogP contribution in [0.15, 0.2) is 30.3 Å². The number of methoxy groups -OCH3 is 1. The molecule has 2 fully saturated rings. The minimum atomic E-state index is -0.294. The van der Waals surface area contributed by atoms with Crippen molar-refractivity contribution < 1.29 is 29.3 Å². The molecule has 2 N–H and O–H groups in total. The van der Waals surface area contributed by atoms with Gasteiger partial charge in [-0.2, -0.15) is 0 Å². The molecular weight excluding hydrogens is 432 g/mol. The van der Waals surface area contributed by atoms with Crippen LogP contribution in [0.2, 0.25) is 0 Å². The van der Waals surface area contributed by atoms with Crippen molar-refractivity contribution in [3.8, 4) is 17.2 Å². The van der Waals surface area contributed by atoms with E-state index < -0.39 is 0 Å². The van der Waals surface area contributed by atoms with Gasteiger partial charge in [0.1, 0.15) is 11.9 Å². The van der Waals surface area contributed by atoms with Crippen LogP contribution in [-0.2, 0) is 16.0 Å². The Kier molecular flexibility index (Phi) is 5.58. The van der Waals surface area contributed by atoms with E-state index in [0.717, 1.165) is 44.1 Å². The number of ketones is 1.